The Balaban J connectivity index is 2.16. The Kier molecular flexibility index (Phi) is 4.57. The van der Waals surface area contributed by atoms with E-state index in [1.165, 1.54) is 12.3 Å². The molecule has 0 aromatic carbocycles. The number of carbonyl (C=O) groups is 1. The first-order chi connectivity index (χ1) is 9.54. The van der Waals surface area contributed by atoms with Gasteiger partial charge in [0.2, 0.25) is 0 Å². The van der Waals surface area contributed by atoms with Gasteiger partial charge in [0.15, 0.2) is 11.6 Å². The molecule has 0 radical (unpaired) electrons. The van der Waals surface area contributed by atoms with Crippen molar-refractivity contribution in [3.63, 3.8) is 0 Å². The molecule has 2 rings (SSSR count). The maximum atomic E-state index is 14.2. The van der Waals surface area contributed by atoms with Crippen molar-refractivity contribution in [1.82, 2.24) is 9.88 Å². The summed E-state index contributed by atoms with van der Waals surface area (Å²) >= 11 is 0. The molecule has 0 spiro atoms. The number of rotatable bonds is 4. The maximum Gasteiger partial charge on any atom is 0.257 e. The second-order valence-electron chi connectivity index (χ2n) is 5.60. The highest BCUT2D eigenvalue weighted by Crippen LogP contribution is 2.26. The first-order valence-corrected chi connectivity index (χ1v) is 7.22. The lowest BCUT2D eigenvalue weighted by Gasteiger charge is -2.19. The topological polar surface area (TPSA) is 45.2 Å². The lowest BCUT2D eigenvalue weighted by Crippen LogP contribution is -2.30. The molecular formula is C15H22FN3O. The number of amides is 1. The Morgan fingerprint density at radius 3 is 2.95 bits per heavy atom. The monoisotopic (exact) mass is 279 g/mol. The Hall–Kier alpha value is -1.65. The van der Waals surface area contributed by atoms with E-state index in [0.717, 1.165) is 13.0 Å². The molecule has 1 saturated heterocycles. The molecule has 1 aromatic heterocycles. The molecule has 0 saturated carbocycles. The predicted octanol–water partition coefficient (Wildman–Crippen LogP) is 2.77. The fourth-order valence-corrected chi connectivity index (χ4v) is 2.59. The smallest absolute Gasteiger partial charge is 0.257 e. The molecule has 5 heteroatoms. The second kappa shape index (κ2) is 6.20. The number of nitrogens with one attached hydrogen (secondary N) is 1. The molecule has 1 fully saturated rings. The molecule has 1 atom stereocenters. The van der Waals surface area contributed by atoms with E-state index < -0.39 is 5.82 Å². The van der Waals surface area contributed by atoms with Gasteiger partial charge >= 0.3 is 0 Å². The zero-order valence-electron chi connectivity index (χ0n) is 12.3. The van der Waals surface area contributed by atoms with Crippen LogP contribution >= 0.6 is 0 Å². The van der Waals surface area contributed by atoms with Crippen LogP contribution in [0.25, 0.3) is 0 Å². The van der Waals surface area contributed by atoms with E-state index in [-0.39, 0.29) is 17.3 Å². The third-order valence-corrected chi connectivity index (χ3v) is 3.92. The van der Waals surface area contributed by atoms with Crippen molar-refractivity contribution in [1.29, 1.82) is 0 Å². The van der Waals surface area contributed by atoms with Crippen LogP contribution in [-0.2, 0) is 0 Å². The Morgan fingerprint density at radius 2 is 2.35 bits per heavy atom. The van der Waals surface area contributed by atoms with Gasteiger partial charge in [-0.3, -0.25) is 4.79 Å². The number of carbonyl (C=O) groups excluding carboxylic acids is 1. The van der Waals surface area contributed by atoms with Crippen LogP contribution in [0.5, 0.6) is 0 Å². The number of nitrogens with zero attached hydrogens (tertiary/aromatic N) is 2. The van der Waals surface area contributed by atoms with Crippen LogP contribution in [0, 0.1) is 17.7 Å². The summed E-state index contributed by atoms with van der Waals surface area (Å²) in [6.07, 6.45) is 2.47. The summed E-state index contributed by atoms with van der Waals surface area (Å²) in [4.78, 5) is 18.1. The minimum absolute atomic E-state index is 0.111. The number of hydrogen-bond donors (Lipinski definition) is 1. The quantitative estimate of drug-likeness (QED) is 0.921. The minimum atomic E-state index is -0.549. The van der Waals surface area contributed by atoms with Gasteiger partial charge in [0, 0.05) is 25.8 Å². The summed E-state index contributed by atoms with van der Waals surface area (Å²) in [6, 6.07) is 1.46. The van der Waals surface area contributed by atoms with E-state index in [1.54, 1.807) is 4.90 Å². The Morgan fingerprint density at radius 1 is 1.60 bits per heavy atom. The summed E-state index contributed by atoms with van der Waals surface area (Å²) < 4.78 is 14.2. The van der Waals surface area contributed by atoms with Crippen molar-refractivity contribution in [2.45, 2.75) is 27.2 Å². The highest BCUT2D eigenvalue weighted by atomic mass is 19.1. The molecule has 1 amide bonds. The van der Waals surface area contributed by atoms with E-state index in [1.807, 2.05) is 6.92 Å². The van der Waals surface area contributed by atoms with Crippen molar-refractivity contribution in [2.24, 2.45) is 11.8 Å². The highest BCUT2D eigenvalue weighted by molar-refractivity contribution is 5.95. The van der Waals surface area contributed by atoms with E-state index in [9.17, 15) is 9.18 Å². The standard InChI is InChI=1S/C15H22FN3O/c1-4-17-14-13(16)12(5-7-18-14)15(20)19-8-6-11(9-19)10(2)3/h5,7,10-11H,4,6,8-9H2,1-3H3,(H,17,18). The number of pyridine rings is 1. The van der Waals surface area contributed by atoms with Crippen LogP contribution in [0.3, 0.4) is 0 Å². The molecule has 1 aromatic rings. The lowest BCUT2D eigenvalue weighted by molar-refractivity contribution is 0.0779. The summed E-state index contributed by atoms with van der Waals surface area (Å²) in [7, 11) is 0. The largest absolute Gasteiger partial charge is 0.368 e. The summed E-state index contributed by atoms with van der Waals surface area (Å²) in [6.45, 7) is 8.18. The molecule has 1 aliphatic rings. The van der Waals surface area contributed by atoms with E-state index in [0.29, 0.717) is 24.9 Å². The third-order valence-electron chi connectivity index (χ3n) is 3.92. The van der Waals surface area contributed by atoms with Crippen LogP contribution in [0.1, 0.15) is 37.6 Å². The van der Waals surface area contributed by atoms with Gasteiger partial charge in [-0.05, 0) is 31.2 Å². The number of likely N-dealkylation sites (tertiary alicyclic amines) is 1. The van der Waals surface area contributed by atoms with Gasteiger partial charge in [-0.2, -0.15) is 0 Å². The van der Waals surface area contributed by atoms with Crippen LogP contribution in [0.15, 0.2) is 12.3 Å². The van der Waals surface area contributed by atoms with Crippen molar-refractivity contribution in [3.8, 4) is 0 Å². The zero-order chi connectivity index (χ0) is 14.7. The summed E-state index contributed by atoms with van der Waals surface area (Å²) in [5, 5.41) is 2.83. The van der Waals surface area contributed by atoms with Gasteiger partial charge in [-0.25, -0.2) is 9.37 Å². The fourth-order valence-electron chi connectivity index (χ4n) is 2.59. The molecule has 1 unspecified atom stereocenters. The van der Waals surface area contributed by atoms with Crippen molar-refractivity contribution in [3.05, 3.63) is 23.6 Å². The summed E-state index contributed by atoms with van der Waals surface area (Å²) in [5.41, 5.74) is 0.111. The van der Waals surface area contributed by atoms with Gasteiger partial charge in [-0.15, -0.1) is 0 Å². The SMILES string of the molecule is CCNc1nccc(C(=O)N2CCC(C(C)C)C2)c1F. The number of halogens is 1. The van der Waals surface area contributed by atoms with Crippen LogP contribution in [-0.4, -0.2) is 35.4 Å². The van der Waals surface area contributed by atoms with E-state index in [2.05, 4.69) is 24.1 Å². The number of aromatic nitrogens is 1. The van der Waals surface area contributed by atoms with E-state index >= 15 is 0 Å². The van der Waals surface area contributed by atoms with Gasteiger partial charge in [0.25, 0.3) is 5.91 Å². The molecule has 110 valence electrons. The average Bonchev–Trinajstić information content (AvgIpc) is 2.90. The first kappa shape index (κ1) is 14.8. The van der Waals surface area contributed by atoms with Crippen molar-refractivity contribution >= 4 is 11.7 Å². The highest BCUT2D eigenvalue weighted by Gasteiger charge is 2.30. The molecule has 2 heterocycles. The Labute approximate surface area is 119 Å². The van der Waals surface area contributed by atoms with Gasteiger partial charge in [-0.1, -0.05) is 13.8 Å². The molecular weight excluding hydrogens is 257 g/mol. The average molecular weight is 279 g/mol. The second-order valence-corrected chi connectivity index (χ2v) is 5.60. The van der Waals surface area contributed by atoms with Gasteiger partial charge in [0.1, 0.15) is 0 Å². The summed E-state index contributed by atoms with van der Waals surface area (Å²) in [5.74, 6) is 0.432. The normalized spacial score (nSPS) is 18.6. The third kappa shape index (κ3) is 2.92. The minimum Gasteiger partial charge on any atom is -0.368 e. The molecule has 20 heavy (non-hydrogen) atoms. The van der Waals surface area contributed by atoms with Gasteiger partial charge < -0.3 is 10.2 Å². The molecule has 4 nitrogen and oxygen atoms in total. The van der Waals surface area contributed by atoms with Crippen molar-refractivity contribution < 1.29 is 9.18 Å². The number of anilines is 1. The van der Waals surface area contributed by atoms with Gasteiger partial charge in [0.05, 0.1) is 5.56 Å². The van der Waals surface area contributed by atoms with Crippen LogP contribution in [0.2, 0.25) is 0 Å². The number of hydrogen-bond acceptors (Lipinski definition) is 3. The molecule has 0 aliphatic carbocycles. The predicted molar refractivity (Wildman–Crippen MR) is 77.2 cm³/mol. The zero-order valence-corrected chi connectivity index (χ0v) is 12.3. The van der Waals surface area contributed by atoms with Crippen LogP contribution < -0.4 is 5.32 Å². The van der Waals surface area contributed by atoms with E-state index in [4.69, 9.17) is 0 Å². The maximum absolute atomic E-state index is 14.2. The lowest BCUT2D eigenvalue weighted by atomic mass is 9.95. The molecule has 0 bridgehead atoms. The van der Waals surface area contributed by atoms with Crippen molar-refractivity contribution in [2.75, 3.05) is 25.0 Å². The Bertz CT molecular complexity index is 490. The molecule has 1 aliphatic heterocycles. The first-order valence-electron chi connectivity index (χ1n) is 7.22. The fraction of sp³-hybridized carbons (Fsp3) is 0.600. The van der Waals surface area contributed by atoms with Crippen LogP contribution in [0.4, 0.5) is 10.2 Å². The molecule has 1 N–H and O–H groups in total.